The van der Waals surface area contributed by atoms with Crippen molar-refractivity contribution in [1.29, 1.82) is 0 Å². The Morgan fingerprint density at radius 1 is 1.31 bits per heavy atom. The summed E-state index contributed by atoms with van der Waals surface area (Å²) < 4.78 is 0. The zero-order chi connectivity index (χ0) is 10.4. The van der Waals surface area contributed by atoms with Gasteiger partial charge in [0.05, 0.1) is 6.61 Å². The maximum absolute atomic E-state index is 10.7. The molecule has 6 nitrogen and oxygen atoms in total. The van der Waals surface area contributed by atoms with Crippen molar-refractivity contribution in [2.24, 2.45) is 0 Å². The highest BCUT2D eigenvalue weighted by Crippen LogP contribution is 1.98. The van der Waals surface area contributed by atoms with E-state index < -0.39 is 24.0 Å². The molecule has 0 amide bonds. The summed E-state index contributed by atoms with van der Waals surface area (Å²) in [6.45, 7) is 2.73. The number of rotatable bonds is 5. The molecule has 0 saturated heterocycles. The van der Waals surface area contributed by atoms with Crippen LogP contribution in [0.25, 0.3) is 0 Å². The standard InChI is InChI=1S/C7H12O6/c1-3-12-13-7(11)6(10)5(9)4(2)8/h5-6,9-10H,3H2,1-2H3. The summed E-state index contributed by atoms with van der Waals surface area (Å²) in [6, 6.07) is 0. The Morgan fingerprint density at radius 2 is 1.85 bits per heavy atom. The van der Waals surface area contributed by atoms with Crippen LogP contribution in [0.4, 0.5) is 0 Å². The summed E-state index contributed by atoms with van der Waals surface area (Å²) in [5, 5.41) is 17.9. The molecule has 0 spiro atoms. The van der Waals surface area contributed by atoms with Gasteiger partial charge in [-0.3, -0.25) is 9.68 Å². The number of aliphatic hydroxyl groups is 2. The van der Waals surface area contributed by atoms with Crippen LogP contribution in [0.2, 0.25) is 0 Å². The van der Waals surface area contributed by atoms with Gasteiger partial charge in [0.1, 0.15) is 6.10 Å². The highest BCUT2D eigenvalue weighted by molar-refractivity contribution is 5.87. The van der Waals surface area contributed by atoms with Crippen molar-refractivity contribution >= 4 is 11.8 Å². The molecule has 2 unspecified atom stereocenters. The van der Waals surface area contributed by atoms with Crippen LogP contribution in [0.3, 0.4) is 0 Å². The number of aliphatic hydroxyl groups excluding tert-OH is 2. The number of hydrogen-bond donors (Lipinski definition) is 2. The molecular formula is C7H12O6. The second-order valence-electron chi connectivity index (χ2n) is 2.31. The lowest BCUT2D eigenvalue weighted by Crippen LogP contribution is -2.39. The third-order valence-corrected chi connectivity index (χ3v) is 1.22. The molecule has 0 aromatic heterocycles. The van der Waals surface area contributed by atoms with Crippen molar-refractivity contribution in [3.8, 4) is 0 Å². The van der Waals surface area contributed by atoms with Crippen molar-refractivity contribution in [1.82, 2.24) is 0 Å². The molecule has 13 heavy (non-hydrogen) atoms. The molecular weight excluding hydrogens is 180 g/mol. The SMILES string of the molecule is CCOOC(=O)C(O)C(O)C(C)=O. The van der Waals surface area contributed by atoms with Crippen molar-refractivity contribution in [3.05, 3.63) is 0 Å². The molecule has 2 atom stereocenters. The predicted molar refractivity (Wildman–Crippen MR) is 40.4 cm³/mol. The van der Waals surface area contributed by atoms with E-state index in [1.807, 2.05) is 0 Å². The smallest absolute Gasteiger partial charge is 0.373 e. The van der Waals surface area contributed by atoms with Crippen LogP contribution >= 0.6 is 0 Å². The highest BCUT2D eigenvalue weighted by atomic mass is 17.2. The van der Waals surface area contributed by atoms with Gasteiger partial charge in [-0.05, 0) is 13.8 Å². The molecule has 0 aliphatic heterocycles. The first-order valence-electron chi connectivity index (χ1n) is 3.70. The fraction of sp³-hybridized carbons (Fsp3) is 0.714. The quantitative estimate of drug-likeness (QED) is 0.419. The highest BCUT2D eigenvalue weighted by Gasteiger charge is 2.29. The summed E-state index contributed by atoms with van der Waals surface area (Å²) in [6.07, 6.45) is -3.67. The maximum Gasteiger partial charge on any atom is 0.373 e. The Balaban J connectivity index is 4.01. The Bertz CT molecular complexity index is 189. The Morgan fingerprint density at radius 3 is 2.23 bits per heavy atom. The zero-order valence-corrected chi connectivity index (χ0v) is 7.39. The van der Waals surface area contributed by atoms with E-state index in [9.17, 15) is 9.59 Å². The van der Waals surface area contributed by atoms with Gasteiger partial charge in [-0.15, -0.1) is 0 Å². The van der Waals surface area contributed by atoms with Gasteiger partial charge in [0.2, 0.25) is 0 Å². The molecule has 0 heterocycles. The topological polar surface area (TPSA) is 93.1 Å². The molecule has 2 N–H and O–H groups in total. The summed E-state index contributed by atoms with van der Waals surface area (Å²) in [5.74, 6) is -1.91. The largest absolute Gasteiger partial charge is 0.382 e. The van der Waals surface area contributed by atoms with E-state index in [1.165, 1.54) is 0 Å². The molecule has 76 valence electrons. The van der Waals surface area contributed by atoms with E-state index in [2.05, 4.69) is 9.78 Å². The molecule has 0 radical (unpaired) electrons. The summed E-state index contributed by atoms with van der Waals surface area (Å²) in [4.78, 5) is 29.5. The van der Waals surface area contributed by atoms with E-state index in [0.29, 0.717) is 0 Å². The number of Topliss-reactive ketones (excluding diaryl/α,β-unsaturated/α-hetero) is 1. The van der Waals surface area contributed by atoms with Crippen molar-refractivity contribution in [3.63, 3.8) is 0 Å². The minimum atomic E-state index is -1.90. The molecule has 0 saturated carbocycles. The Kier molecular flexibility index (Phi) is 5.20. The van der Waals surface area contributed by atoms with E-state index in [0.717, 1.165) is 6.92 Å². The first-order valence-corrected chi connectivity index (χ1v) is 3.70. The zero-order valence-electron chi connectivity index (χ0n) is 7.39. The van der Waals surface area contributed by atoms with E-state index in [-0.39, 0.29) is 6.61 Å². The Labute approximate surface area is 75.0 Å². The van der Waals surface area contributed by atoms with Crippen molar-refractivity contribution < 1.29 is 29.6 Å². The van der Waals surface area contributed by atoms with Gasteiger partial charge in [0.15, 0.2) is 11.9 Å². The van der Waals surface area contributed by atoms with Gasteiger partial charge < -0.3 is 10.2 Å². The lowest BCUT2D eigenvalue weighted by Gasteiger charge is -2.12. The summed E-state index contributed by atoms with van der Waals surface area (Å²) in [7, 11) is 0. The first kappa shape index (κ1) is 12.0. The van der Waals surface area contributed by atoms with Crippen LogP contribution in [0.15, 0.2) is 0 Å². The monoisotopic (exact) mass is 192 g/mol. The third-order valence-electron chi connectivity index (χ3n) is 1.22. The lowest BCUT2D eigenvalue weighted by molar-refractivity contribution is -0.278. The van der Waals surface area contributed by atoms with Gasteiger partial charge in [-0.1, -0.05) is 0 Å². The molecule has 0 aliphatic carbocycles. The van der Waals surface area contributed by atoms with Crippen molar-refractivity contribution in [2.45, 2.75) is 26.1 Å². The number of ketones is 1. The van der Waals surface area contributed by atoms with Gasteiger partial charge in [0, 0.05) is 0 Å². The molecule has 0 aromatic carbocycles. The fourth-order valence-corrected chi connectivity index (χ4v) is 0.518. The molecule has 0 aromatic rings. The van der Waals surface area contributed by atoms with Gasteiger partial charge in [-0.2, -0.15) is 4.89 Å². The van der Waals surface area contributed by atoms with E-state index >= 15 is 0 Å². The number of carbonyl (C=O) groups is 2. The molecule has 0 rings (SSSR count). The van der Waals surface area contributed by atoms with Crippen LogP contribution in [-0.4, -0.2) is 40.8 Å². The van der Waals surface area contributed by atoms with Crippen LogP contribution in [0.5, 0.6) is 0 Å². The molecule has 0 bridgehead atoms. The second-order valence-corrected chi connectivity index (χ2v) is 2.31. The van der Waals surface area contributed by atoms with E-state index in [1.54, 1.807) is 6.92 Å². The third kappa shape index (κ3) is 3.97. The minimum absolute atomic E-state index is 0.120. The molecule has 6 heteroatoms. The van der Waals surface area contributed by atoms with Crippen molar-refractivity contribution in [2.75, 3.05) is 6.61 Å². The average Bonchev–Trinajstić information content (AvgIpc) is 2.11. The number of carbonyl (C=O) groups excluding carboxylic acids is 2. The minimum Gasteiger partial charge on any atom is -0.382 e. The lowest BCUT2D eigenvalue weighted by atomic mass is 10.1. The normalized spacial score (nSPS) is 14.8. The first-order chi connectivity index (χ1) is 6.00. The maximum atomic E-state index is 10.7. The molecule has 0 aliphatic rings. The van der Waals surface area contributed by atoms with Gasteiger partial charge in [0.25, 0.3) is 0 Å². The van der Waals surface area contributed by atoms with Crippen LogP contribution < -0.4 is 0 Å². The van der Waals surface area contributed by atoms with Crippen LogP contribution in [0.1, 0.15) is 13.8 Å². The van der Waals surface area contributed by atoms with Gasteiger partial charge in [-0.25, -0.2) is 4.79 Å². The van der Waals surface area contributed by atoms with Crippen LogP contribution in [-0.2, 0) is 19.4 Å². The average molecular weight is 192 g/mol. The summed E-state index contributed by atoms with van der Waals surface area (Å²) in [5.41, 5.74) is 0. The summed E-state index contributed by atoms with van der Waals surface area (Å²) >= 11 is 0. The second kappa shape index (κ2) is 5.63. The predicted octanol–water partition coefficient (Wildman–Crippen LogP) is -1.21. The molecule has 0 fully saturated rings. The van der Waals surface area contributed by atoms with E-state index in [4.69, 9.17) is 10.2 Å². The Hall–Kier alpha value is -0.980. The fourth-order valence-electron chi connectivity index (χ4n) is 0.518. The van der Waals surface area contributed by atoms with Crippen LogP contribution in [0, 0.1) is 0 Å². The van der Waals surface area contributed by atoms with Gasteiger partial charge >= 0.3 is 5.97 Å². The number of hydrogen-bond acceptors (Lipinski definition) is 6.